The summed E-state index contributed by atoms with van der Waals surface area (Å²) in [6.07, 6.45) is 1.36. The Bertz CT molecular complexity index is 617. The lowest BCUT2D eigenvalue weighted by atomic mass is 10.1. The summed E-state index contributed by atoms with van der Waals surface area (Å²) < 4.78 is 1.67. The molecule has 3 rings (SSSR count). The van der Waals surface area contributed by atoms with Crippen LogP contribution in [0.25, 0.3) is 5.69 Å². The van der Waals surface area contributed by atoms with Gasteiger partial charge in [0.15, 0.2) is 5.69 Å². The molecule has 0 radical (unpaired) electrons. The minimum absolute atomic E-state index is 0. The fraction of sp³-hybridized carbons (Fsp3) is 0.333. The zero-order valence-corrected chi connectivity index (χ0v) is 12.8. The Morgan fingerprint density at radius 2 is 2.09 bits per heavy atom. The van der Waals surface area contributed by atoms with Gasteiger partial charge in [-0.05, 0) is 18.2 Å². The number of aromatic nitrogens is 2. The largest absolute Gasteiger partial charge is 0.391 e. The van der Waals surface area contributed by atoms with Crippen LogP contribution >= 0.6 is 12.4 Å². The number of aliphatic hydroxyl groups excluding tert-OH is 1. The predicted molar refractivity (Wildman–Crippen MR) is 85.5 cm³/mol. The van der Waals surface area contributed by atoms with Crippen LogP contribution in [0.2, 0.25) is 0 Å². The van der Waals surface area contributed by atoms with Crippen molar-refractivity contribution in [2.24, 2.45) is 5.92 Å². The molecule has 0 spiro atoms. The van der Waals surface area contributed by atoms with Crippen LogP contribution in [-0.2, 0) is 0 Å². The third-order valence-corrected chi connectivity index (χ3v) is 3.67. The van der Waals surface area contributed by atoms with Crippen molar-refractivity contribution in [2.75, 3.05) is 19.6 Å². The van der Waals surface area contributed by atoms with E-state index in [4.69, 9.17) is 0 Å². The molecular weight excluding hydrogens is 304 g/mol. The fourth-order valence-electron chi connectivity index (χ4n) is 2.41. The summed E-state index contributed by atoms with van der Waals surface area (Å²) in [5, 5.41) is 19.9. The Hall–Kier alpha value is -1.89. The molecule has 1 aromatic heterocycles. The van der Waals surface area contributed by atoms with Gasteiger partial charge in [-0.15, -0.1) is 12.4 Å². The van der Waals surface area contributed by atoms with E-state index in [0.29, 0.717) is 18.8 Å². The zero-order valence-electron chi connectivity index (χ0n) is 12.0. The lowest BCUT2D eigenvalue weighted by Gasteiger charge is -2.13. The number of aliphatic hydroxyl groups is 1. The van der Waals surface area contributed by atoms with E-state index in [-0.39, 0.29) is 24.2 Å². The predicted octanol–water partition coefficient (Wildman–Crippen LogP) is 0.604. The molecule has 2 atom stereocenters. The number of nitrogens with one attached hydrogen (secondary N) is 2. The van der Waals surface area contributed by atoms with E-state index in [0.717, 1.165) is 12.2 Å². The molecule has 2 heterocycles. The summed E-state index contributed by atoms with van der Waals surface area (Å²) in [5.41, 5.74) is 1.28. The van der Waals surface area contributed by atoms with Crippen LogP contribution in [0.15, 0.2) is 42.6 Å². The lowest BCUT2D eigenvalue weighted by Crippen LogP contribution is -2.34. The molecule has 3 N–H and O–H groups in total. The average molecular weight is 323 g/mol. The number of para-hydroxylation sites is 1. The van der Waals surface area contributed by atoms with E-state index >= 15 is 0 Å². The topological polar surface area (TPSA) is 79.2 Å². The van der Waals surface area contributed by atoms with E-state index in [9.17, 15) is 9.90 Å². The van der Waals surface area contributed by atoms with Crippen LogP contribution in [0.5, 0.6) is 0 Å². The third kappa shape index (κ3) is 3.65. The molecule has 0 bridgehead atoms. The van der Waals surface area contributed by atoms with Crippen molar-refractivity contribution in [1.29, 1.82) is 0 Å². The van der Waals surface area contributed by atoms with Crippen LogP contribution in [0, 0.1) is 5.92 Å². The van der Waals surface area contributed by atoms with E-state index in [1.54, 1.807) is 16.9 Å². The fourth-order valence-corrected chi connectivity index (χ4v) is 2.41. The number of β-amino-alcohol motifs (C(OH)–C–C–N with tert-alkyl or cyclic N) is 1. The van der Waals surface area contributed by atoms with Gasteiger partial charge in [0, 0.05) is 31.7 Å². The van der Waals surface area contributed by atoms with Gasteiger partial charge in [0.1, 0.15) is 0 Å². The quantitative estimate of drug-likeness (QED) is 0.770. The van der Waals surface area contributed by atoms with Crippen molar-refractivity contribution in [2.45, 2.75) is 6.10 Å². The van der Waals surface area contributed by atoms with Gasteiger partial charge < -0.3 is 15.7 Å². The highest BCUT2D eigenvalue weighted by Crippen LogP contribution is 2.09. The molecule has 0 aliphatic carbocycles. The molecule has 0 saturated carbocycles. The molecule has 1 aliphatic rings. The maximum Gasteiger partial charge on any atom is 0.271 e. The lowest BCUT2D eigenvalue weighted by molar-refractivity contribution is 0.0921. The first-order valence-corrected chi connectivity index (χ1v) is 7.02. The molecule has 118 valence electrons. The highest BCUT2D eigenvalue weighted by Gasteiger charge is 2.25. The minimum atomic E-state index is -0.396. The summed E-state index contributed by atoms with van der Waals surface area (Å²) in [7, 11) is 0. The van der Waals surface area contributed by atoms with Crippen LogP contribution < -0.4 is 10.6 Å². The summed E-state index contributed by atoms with van der Waals surface area (Å²) in [5.74, 6) is -0.158. The Morgan fingerprint density at radius 3 is 2.77 bits per heavy atom. The SMILES string of the molecule is Cl.O=C(NCC1CNCC1O)c1ccn(-c2ccccc2)n1. The van der Waals surface area contributed by atoms with Gasteiger partial charge in [0.25, 0.3) is 5.91 Å². The van der Waals surface area contributed by atoms with Crippen molar-refractivity contribution < 1.29 is 9.90 Å². The second-order valence-corrected chi connectivity index (χ2v) is 5.18. The van der Waals surface area contributed by atoms with E-state index in [1.807, 2.05) is 30.3 Å². The molecule has 1 aliphatic heterocycles. The van der Waals surface area contributed by atoms with Gasteiger partial charge in [0.05, 0.1) is 11.8 Å². The molecular formula is C15H19ClN4O2. The minimum Gasteiger partial charge on any atom is -0.391 e. The number of carbonyl (C=O) groups excluding carboxylic acids is 1. The van der Waals surface area contributed by atoms with Crippen LogP contribution in [0.3, 0.4) is 0 Å². The van der Waals surface area contributed by atoms with Gasteiger partial charge in [-0.1, -0.05) is 18.2 Å². The van der Waals surface area contributed by atoms with Crippen molar-refractivity contribution in [3.05, 3.63) is 48.3 Å². The Labute approximate surface area is 134 Å². The molecule has 1 aromatic carbocycles. The first kappa shape index (κ1) is 16.5. The van der Waals surface area contributed by atoms with E-state index < -0.39 is 6.10 Å². The Morgan fingerprint density at radius 1 is 1.32 bits per heavy atom. The van der Waals surface area contributed by atoms with Gasteiger partial charge in [-0.25, -0.2) is 4.68 Å². The maximum absolute atomic E-state index is 12.1. The second-order valence-electron chi connectivity index (χ2n) is 5.18. The van der Waals surface area contributed by atoms with E-state index in [1.165, 1.54) is 0 Å². The smallest absolute Gasteiger partial charge is 0.271 e. The molecule has 1 saturated heterocycles. The van der Waals surface area contributed by atoms with Crippen molar-refractivity contribution in [1.82, 2.24) is 20.4 Å². The number of rotatable bonds is 4. The summed E-state index contributed by atoms with van der Waals surface area (Å²) in [6, 6.07) is 11.3. The first-order valence-electron chi connectivity index (χ1n) is 7.02. The van der Waals surface area contributed by atoms with Crippen molar-refractivity contribution >= 4 is 18.3 Å². The van der Waals surface area contributed by atoms with Gasteiger partial charge >= 0.3 is 0 Å². The summed E-state index contributed by atoms with van der Waals surface area (Å²) >= 11 is 0. The Balaban J connectivity index is 0.00000176. The molecule has 22 heavy (non-hydrogen) atoms. The number of hydrogen-bond donors (Lipinski definition) is 3. The van der Waals surface area contributed by atoms with Crippen molar-refractivity contribution in [3.8, 4) is 5.69 Å². The number of benzene rings is 1. The third-order valence-electron chi connectivity index (χ3n) is 3.67. The van der Waals surface area contributed by atoms with Crippen LogP contribution in [-0.4, -0.2) is 46.5 Å². The first-order chi connectivity index (χ1) is 10.2. The standard InChI is InChI=1S/C15H18N4O2.ClH/c20-14-10-16-8-11(14)9-17-15(21)13-6-7-19(18-13)12-4-2-1-3-5-12;/h1-7,11,14,16,20H,8-10H2,(H,17,21);1H. The molecule has 2 unspecified atom stereocenters. The highest BCUT2D eigenvalue weighted by molar-refractivity contribution is 5.92. The molecule has 6 nitrogen and oxygen atoms in total. The van der Waals surface area contributed by atoms with Gasteiger partial charge in [0.2, 0.25) is 0 Å². The maximum atomic E-state index is 12.1. The van der Waals surface area contributed by atoms with E-state index in [2.05, 4.69) is 15.7 Å². The average Bonchev–Trinajstić information content (AvgIpc) is 3.15. The molecule has 2 aromatic rings. The van der Waals surface area contributed by atoms with Gasteiger partial charge in [-0.2, -0.15) is 5.10 Å². The van der Waals surface area contributed by atoms with Crippen LogP contribution in [0.4, 0.5) is 0 Å². The second kappa shape index (κ2) is 7.40. The number of carbonyl (C=O) groups is 1. The van der Waals surface area contributed by atoms with Crippen molar-refractivity contribution in [3.63, 3.8) is 0 Å². The monoisotopic (exact) mass is 322 g/mol. The normalized spacial score (nSPS) is 20.4. The zero-order chi connectivity index (χ0) is 14.7. The highest BCUT2D eigenvalue weighted by atomic mass is 35.5. The Kier molecular flexibility index (Phi) is 5.54. The number of hydrogen-bond acceptors (Lipinski definition) is 4. The summed E-state index contributed by atoms with van der Waals surface area (Å²) in [6.45, 7) is 1.76. The summed E-state index contributed by atoms with van der Waals surface area (Å²) in [4.78, 5) is 12.1. The number of amides is 1. The molecule has 1 amide bonds. The molecule has 1 fully saturated rings. The number of nitrogens with zero attached hydrogens (tertiary/aromatic N) is 2. The van der Waals surface area contributed by atoms with Gasteiger partial charge in [-0.3, -0.25) is 4.79 Å². The van der Waals surface area contributed by atoms with Crippen LogP contribution in [0.1, 0.15) is 10.5 Å². The number of halogens is 1. The molecule has 7 heteroatoms.